The highest BCUT2D eigenvalue weighted by molar-refractivity contribution is 5.19. The van der Waals surface area contributed by atoms with Crippen LogP contribution in [0.2, 0.25) is 0 Å². The predicted molar refractivity (Wildman–Crippen MR) is 68.5 cm³/mol. The summed E-state index contributed by atoms with van der Waals surface area (Å²) in [5.74, 6) is -0.189. The van der Waals surface area contributed by atoms with E-state index in [9.17, 15) is 4.39 Å². The third-order valence-electron chi connectivity index (χ3n) is 2.62. The first-order chi connectivity index (χ1) is 8.27. The second-order valence-electron chi connectivity index (χ2n) is 4.06. The number of rotatable bonds is 8. The molecule has 96 valence electrons. The number of ether oxygens (including phenoxy) is 1. The van der Waals surface area contributed by atoms with Crippen molar-refractivity contribution in [2.45, 2.75) is 32.7 Å². The van der Waals surface area contributed by atoms with Crippen LogP contribution in [0.1, 0.15) is 38.3 Å². The number of hydrogen-bond acceptors (Lipinski definition) is 2. The first kappa shape index (κ1) is 14.1. The highest BCUT2D eigenvalue weighted by atomic mass is 19.1. The lowest BCUT2D eigenvalue weighted by Gasteiger charge is -2.18. The van der Waals surface area contributed by atoms with E-state index in [0.29, 0.717) is 0 Å². The van der Waals surface area contributed by atoms with Gasteiger partial charge < -0.3 is 10.1 Å². The fourth-order valence-electron chi connectivity index (χ4n) is 1.78. The maximum absolute atomic E-state index is 12.8. The van der Waals surface area contributed by atoms with Crippen LogP contribution >= 0.6 is 0 Å². The molecule has 1 aromatic rings. The van der Waals surface area contributed by atoms with Gasteiger partial charge in [0.15, 0.2) is 0 Å². The Morgan fingerprint density at radius 2 is 1.88 bits per heavy atom. The van der Waals surface area contributed by atoms with Crippen molar-refractivity contribution < 1.29 is 9.13 Å². The van der Waals surface area contributed by atoms with Gasteiger partial charge in [-0.15, -0.1) is 0 Å². The minimum absolute atomic E-state index is 0.189. The van der Waals surface area contributed by atoms with Gasteiger partial charge in [0.1, 0.15) is 5.82 Å². The molecule has 0 heterocycles. The maximum atomic E-state index is 12.8. The van der Waals surface area contributed by atoms with Crippen molar-refractivity contribution in [1.82, 2.24) is 5.32 Å². The van der Waals surface area contributed by atoms with Crippen LogP contribution in [-0.2, 0) is 4.74 Å². The molecule has 0 radical (unpaired) electrons. The Balaban J connectivity index is 2.49. The van der Waals surface area contributed by atoms with E-state index < -0.39 is 0 Å². The van der Waals surface area contributed by atoms with Gasteiger partial charge in [-0.25, -0.2) is 4.39 Å². The monoisotopic (exact) mass is 239 g/mol. The van der Waals surface area contributed by atoms with E-state index in [-0.39, 0.29) is 11.9 Å². The average molecular weight is 239 g/mol. The Kier molecular flexibility index (Phi) is 6.82. The molecule has 17 heavy (non-hydrogen) atoms. The second kappa shape index (κ2) is 8.20. The van der Waals surface area contributed by atoms with Gasteiger partial charge >= 0.3 is 0 Å². The quantitative estimate of drug-likeness (QED) is 0.703. The number of benzene rings is 1. The van der Waals surface area contributed by atoms with Crippen molar-refractivity contribution in [3.05, 3.63) is 35.6 Å². The standard InChI is InChI=1S/C14H22FNO/c1-3-10-17-11-9-14(16-4-2)12-5-7-13(15)8-6-12/h5-8,14,16H,3-4,9-11H2,1-2H3. The average Bonchev–Trinajstić information content (AvgIpc) is 2.34. The fourth-order valence-corrected chi connectivity index (χ4v) is 1.78. The van der Waals surface area contributed by atoms with Crippen LogP contribution in [0, 0.1) is 5.82 Å². The smallest absolute Gasteiger partial charge is 0.123 e. The molecule has 0 aromatic heterocycles. The van der Waals surface area contributed by atoms with Crippen LogP contribution in [-0.4, -0.2) is 19.8 Å². The molecule has 0 aliphatic rings. The van der Waals surface area contributed by atoms with Crippen LogP contribution in [0.15, 0.2) is 24.3 Å². The van der Waals surface area contributed by atoms with Crippen molar-refractivity contribution >= 4 is 0 Å². The lowest BCUT2D eigenvalue weighted by Crippen LogP contribution is -2.22. The molecule has 1 atom stereocenters. The highest BCUT2D eigenvalue weighted by Crippen LogP contribution is 2.17. The lowest BCUT2D eigenvalue weighted by atomic mass is 10.0. The van der Waals surface area contributed by atoms with Crippen molar-refractivity contribution in [3.63, 3.8) is 0 Å². The molecule has 2 nitrogen and oxygen atoms in total. The van der Waals surface area contributed by atoms with Crippen LogP contribution in [0.25, 0.3) is 0 Å². The van der Waals surface area contributed by atoms with Gasteiger partial charge in [-0.2, -0.15) is 0 Å². The lowest BCUT2D eigenvalue weighted by molar-refractivity contribution is 0.124. The molecule has 1 aromatic carbocycles. The first-order valence-corrected chi connectivity index (χ1v) is 6.34. The van der Waals surface area contributed by atoms with E-state index in [4.69, 9.17) is 4.74 Å². The minimum atomic E-state index is -0.189. The zero-order valence-electron chi connectivity index (χ0n) is 10.7. The molecule has 0 fully saturated rings. The largest absolute Gasteiger partial charge is 0.381 e. The molecule has 0 aliphatic heterocycles. The molecule has 0 amide bonds. The zero-order valence-corrected chi connectivity index (χ0v) is 10.7. The fraction of sp³-hybridized carbons (Fsp3) is 0.571. The Morgan fingerprint density at radius 1 is 1.18 bits per heavy atom. The Bertz CT molecular complexity index is 300. The summed E-state index contributed by atoms with van der Waals surface area (Å²) in [5.41, 5.74) is 1.12. The Labute approximate surface area is 103 Å². The van der Waals surface area contributed by atoms with E-state index in [2.05, 4.69) is 19.2 Å². The predicted octanol–water partition coefficient (Wildman–Crippen LogP) is 3.29. The van der Waals surface area contributed by atoms with Crippen LogP contribution < -0.4 is 5.32 Å². The normalized spacial score (nSPS) is 12.6. The molecule has 1 N–H and O–H groups in total. The summed E-state index contributed by atoms with van der Waals surface area (Å²) in [7, 11) is 0. The van der Waals surface area contributed by atoms with Gasteiger partial charge in [-0.05, 0) is 37.1 Å². The number of halogens is 1. The van der Waals surface area contributed by atoms with Gasteiger partial charge in [-0.3, -0.25) is 0 Å². The van der Waals surface area contributed by atoms with Gasteiger partial charge in [0.2, 0.25) is 0 Å². The molecule has 1 unspecified atom stereocenters. The summed E-state index contributed by atoms with van der Waals surface area (Å²) in [6.07, 6.45) is 1.96. The van der Waals surface area contributed by atoms with Crippen molar-refractivity contribution in [2.24, 2.45) is 0 Å². The van der Waals surface area contributed by atoms with Crippen LogP contribution in [0.3, 0.4) is 0 Å². The van der Waals surface area contributed by atoms with E-state index in [0.717, 1.165) is 38.2 Å². The summed E-state index contributed by atoms with van der Waals surface area (Å²) in [6.45, 7) is 6.62. The van der Waals surface area contributed by atoms with E-state index in [1.165, 1.54) is 12.1 Å². The maximum Gasteiger partial charge on any atom is 0.123 e. The molecule has 0 saturated heterocycles. The third-order valence-corrected chi connectivity index (χ3v) is 2.62. The van der Waals surface area contributed by atoms with E-state index >= 15 is 0 Å². The first-order valence-electron chi connectivity index (χ1n) is 6.34. The Morgan fingerprint density at radius 3 is 2.47 bits per heavy atom. The minimum Gasteiger partial charge on any atom is -0.381 e. The summed E-state index contributed by atoms with van der Waals surface area (Å²) >= 11 is 0. The van der Waals surface area contributed by atoms with Crippen molar-refractivity contribution in [3.8, 4) is 0 Å². The molecule has 0 spiro atoms. The van der Waals surface area contributed by atoms with E-state index in [1.54, 1.807) is 0 Å². The van der Waals surface area contributed by atoms with Gasteiger partial charge in [0.05, 0.1) is 0 Å². The molecule has 0 bridgehead atoms. The molecular formula is C14H22FNO. The molecule has 0 aliphatic carbocycles. The van der Waals surface area contributed by atoms with Crippen molar-refractivity contribution in [2.75, 3.05) is 19.8 Å². The summed E-state index contributed by atoms with van der Waals surface area (Å²) in [4.78, 5) is 0. The van der Waals surface area contributed by atoms with Crippen LogP contribution in [0.4, 0.5) is 4.39 Å². The van der Waals surface area contributed by atoms with Gasteiger partial charge in [0, 0.05) is 19.3 Å². The summed E-state index contributed by atoms with van der Waals surface area (Å²) in [5, 5.41) is 3.39. The van der Waals surface area contributed by atoms with Gasteiger partial charge in [-0.1, -0.05) is 26.0 Å². The SMILES string of the molecule is CCCOCCC(NCC)c1ccc(F)cc1. The third kappa shape index (κ3) is 5.29. The highest BCUT2D eigenvalue weighted by Gasteiger charge is 2.09. The molecule has 0 saturated carbocycles. The Hall–Kier alpha value is -0.930. The van der Waals surface area contributed by atoms with Gasteiger partial charge in [0.25, 0.3) is 0 Å². The zero-order chi connectivity index (χ0) is 12.5. The van der Waals surface area contributed by atoms with Crippen molar-refractivity contribution in [1.29, 1.82) is 0 Å². The summed E-state index contributed by atoms with van der Waals surface area (Å²) in [6, 6.07) is 6.93. The number of nitrogens with one attached hydrogen (secondary N) is 1. The summed E-state index contributed by atoms with van der Waals surface area (Å²) < 4.78 is 18.3. The second-order valence-corrected chi connectivity index (χ2v) is 4.06. The molecular weight excluding hydrogens is 217 g/mol. The molecule has 3 heteroatoms. The van der Waals surface area contributed by atoms with Crippen LogP contribution in [0.5, 0.6) is 0 Å². The van der Waals surface area contributed by atoms with E-state index in [1.807, 2.05) is 12.1 Å². The number of hydrogen-bond donors (Lipinski definition) is 1. The molecule has 1 rings (SSSR count). The topological polar surface area (TPSA) is 21.3 Å².